The Kier molecular flexibility index (Phi) is 4.97. The van der Waals surface area contributed by atoms with Crippen molar-refractivity contribution < 1.29 is 22.9 Å². The predicted octanol–water partition coefficient (Wildman–Crippen LogP) is 5.56. The minimum Gasteiger partial charge on any atom is -0.308 e. The average molecular weight is 400 g/mol. The molecule has 2 aromatic rings. The van der Waals surface area contributed by atoms with Crippen molar-refractivity contribution in [3.63, 3.8) is 0 Å². The number of hydrogen-bond acceptors (Lipinski definition) is 3. The Hall–Kier alpha value is -2.81. The maximum atomic E-state index is 13.0. The number of halogens is 4. The third kappa shape index (κ3) is 4.30. The van der Waals surface area contributed by atoms with Crippen molar-refractivity contribution in [2.24, 2.45) is 5.92 Å². The van der Waals surface area contributed by atoms with E-state index in [9.17, 15) is 28.1 Å². The number of amides is 2. The highest BCUT2D eigenvalue weighted by molar-refractivity contribution is 6.34. The van der Waals surface area contributed by atoms with Crippen LogP contribution in [0.3, 0.4) is 0 Å². The van der Waals surface area contributed by atoms with Gasteiger partial charge in [-0.1, -0.05) is 29.8 Å². The Morgan fingerprint density at radius 3 is 2.41 bits per heavy atom. The number of anilines is 2. The summed E-state index contributed by atoms with van der Waals surface area (Å²) in [5, 5.41) is 15.8. The smallest absolute Gasteiger partial charge is 0.308 e. The van der Waals surface area contributed by atoms with Crippen LogP contribution in [0.5, 0.6) is 0 Å². The fourth-order valence-electron chi connectivity index (χ4n) is 2.84. The second kappa shape index (κ2) is 7.07. The summed E-state index contributed by atoms with van der Waals surface area (Å²) in [5.41, 5.74) is -0.0294. The first-order valence-corrected chi connectivity index (χ1v) is 8.22. The summed E-state index contributed by atoms with van der Waals surface area (Å²) >= 11 is 6.03. The molecule has 1 aliphatic carbocycles. The van der Waals surface area contributed by atoms with E-state index in [1.54, 1.807) is 30.3 Å². The highest BCUT2D eigenvalue weighted by Gasteiger charge is 2.57. The fourth-order valence-corrected chi connectivity index (χ4v) is 3.11. The SMILES string of the molecule is O=C(Nc1ccccc1)Nc1c(Cl)cc([N+](=O)[O-])cc1C1CC1C(F)(F)F. The lowest BCUT2D eigenvalue weighted by atomic mass is 10.1. The molecule has 0 saturated heterocycles. The van der Waals surface area contributed by atoms with E-state index in [1.165, 1.54) is 0 Å². The molecule has 0 aromatic heterocycles. The third-order valence-electron chi connectivity index (χ3n) is 4.20. The Morgan fingerprint density at radius 2 is 1.85 bits per heavy atom. The van der Waals surface area contributed by atoms with Gasteiger partial charge in [0.25, 0.3) is 5.69 Å². The number of alkyl halides is 3. The molecule has 2 aromatic carbocycles. The minimum absolute atomic E-state index is 0.000244. The molecule has 1 saturated carbocycles. The number of urea groups is 1. The van der Waals surface area contributed by atoms with Crippen molar-refractivity contribution in [3.8, 4) is 0 Å². The van der Waals surface area contributed by atoms with Gasteiger partial charge in [-0.15, -0.1) is 0 Å². The molecule has 0 spiro atoms. The largest absolute Gasteiger partial charge is 0.392 e. The molecule has 0 heterocycles. The zero-order chi connectivity index (χ0) is 19.8. The number of non-ortho nitro benzene ring substituents is 1. The van der Waals surface area contributed by atoms with Crippen molar-refractivity contribution in [3.05, 3.63) is 63.2 Å². The van der Waals surface area contributed by atoms with Gasteiger partial charge in [0, 0.05) is 17.8 Å². The monoisotopic (exact) mass is 399 g/mol. The molecule has 2 N–H and O–H groups in total. The van der Waals surface area contributed by atoms with Crippen molar-refractivity contribution in [1.29, 1.82) is 0 Å². The Labute approximate surface area is 156 Å². The van der Waals surface area contributed by atoms with Crippen molar-refractivity contribution in [2.45, 2.75) is 18.5 Å². The summed E-state index contributed by atoms with van der Waals surface area (Å²) in [4.78, 5) is 22.5. The van der Waals surface area contributed by atoms with Gasteiger partial charge in [0.2, 0.25) is 0 Å². The first-order chi connectivity index (χ1) is 12.7. The molecule has 142 valence electrons. The van der Waals surface area contributed by atoms with E-state index in [2.05, 4.69) is 10.6 Å². The average Bonchev–Trinajstić information content (AvgIpc) is 3.38. The van der Waals surface area contributed by atoms with E-state index in [0.29, 0.717) is 5.69 Å². The zero-order valence-electron chi connectivity index (χ0n) is 13.6. The van der Waals surface area contributed by atoms with Gasteiger partial charge in [0.05, 0.1) is 21.6 Å². The van der Waals surface area contributed by atoms with Crippen LogP contribution in [0.25, 0.3) is 0 Å². The van der Waals surface area contributed by atoms with Gasteiger partial charge in [-0.25, -0.2) is 4.79 Å². The van der Waals surface area contributed by atoms with Crippen LogP contribution in [-0.4, -0.2) is 17.1 Å². The van der Waals surface area contributed by atoms with E-state index in [-0.39, 0.29) is 22.7 Å². The molecular formula is C17H13ClF3N3O3. The maximum absolute atomic E-state index is 13.0. The first-order valence-electron chi connectivity index (χ1n) is 7.84. The summed E-state index contributed by atoms with van der Waals surface area (Å²) in [6.45, 7) is 0. The number of carbonyl (C=O) groups excluding carboxylic acids is 1. The topological polar surface area (TPSA) is 84.3 Å². The second-order valence-electron chi connectivity index (χ2n) is 6.08. The predicted molar refractivity (Wildman–Crippen MR) is 94.1 cm³/mol. The number of para-hydroxylation sites is 1. The number of hydrogen-bond donors (Lipinski definition) is 2. The number of nitrogens with one attached hydrogen (secondary N) is 2. The van der Waals surface area contributed by atoms with E-state index < -0.39 is 34.7 Å². The lowest BCUT2D eigenvalue weighted by Crippen LogP contribution is -2.21. The van der Waals surface area contributed by atoms with Crippen LogP contribution in [0.2, 0.25) is 5.02 Å². The summed E-state index contributed by atoms with van der Waals surface area (Å²) in [5.74, 6) is -2.61. The molecule has 2 unspecified atom stereocenters. The molecule has 0 aliphatic heterocycles. The number of benzene rings is 2. The minimum atomic E-state index is -4.43. The molecule has 0 radical (unpaired) electrons. The van der Waals surface area contributed by atoms with E-state index in [1.807, 2.05) is 0 Å². The van der Waals surface area contributed by atoms with Crippen LogP contribution in [0.1, 0.15) is 17.9 Å². The first kappa shape index (κ1) is 19.0. The molecule has 10 heteroatoms. The lowest BCUT2D eigenvalue weighted by molar-refractivity contribution is -0.384. The zero-order valence-corrected chi connectivity index (χ0v) is 14.3. The van der Waals surface area contributed by atoms with Gasteiger partial charge in [0.15, 0.2) is 0 Å². The molecule has 3 rings (SSSR count). The van der Waals surface area contributed by atoms with Crippen LogP contribution in [0.15, 0.2) is 42.5 Å². The van der Waals surface area contributed by atoms with Crippen molar-refractivity contribution in [2.75, 3.05) is 10.6 Å². The molecule has 2 amide bonds. The molecule has 1 aliphatic rings. The molecule has 6 nitrogen and oxygen atoms in total. The van der Waals surface area contributed by atoms with Gasteiger partial charge in [-0.2, -0.15) is 13.2 Å². The molecule has 0 bridgehead atoms. The van der Waals surface area contributed by atoms with Gasteiger partial charge < -0.3 is 10.6 Å². The number of rotatable bonds is 4. The van der Waals surface area contributed by atoms with Crippen LogP contribution >= 0.6 is 11.6 Å². The summed E-state index contributed by atoms with van der Waals surface area (Å²) in [6.07, 6.45) is -4.64. The number of nitro groups is 1. The summed E-state index contributed by atoms with van der Waals surface area (Å²) in [7, 11) is 0. The van der Waals surface area contributed by atoms with Crippen molar-refractivity contribution >= 4 is 34.7 Å². The number of carbonyl (C=O) groups is 1. The lowest BCUT2D eigenvalue weighted by Gasteiger charge is -2.14. The Morgan fingerprint density at radius 1 is 1.19 bits per heavy atom. The van der Waals surface area contributed by atoms with Crippen LogP contribution in [0.4, 0.5) is 35.0 Å². The number of nitrogens with zero attached hydrogens (tertiary/aromatic N) is 1. The fraction of sp³-hybridized carbons (Fsp3) is 0.235. The normalized spacial score (nSPS) is 18.7. The maximum Gasteiger partial charge on any atom is 0.392 e. The van der Waals surface area contributed by atoms with Gasteiger partial charge in [0.1, 0.15) is 0 Å². The molecule has 2 atom stereocenters. The van der Waals surface area contributed by atoms with Crippen molar-refractivity contribution in [1.82, 2.24) is 0 Å². The molecule has 27 heavy (non-hydrogen) atoms. The number of nitro benzene ring substituents is 1. The highest BCUT2D eigenvalue weighted by atomic mass is 35.5. The Bertz CT molecular complexity index is 890. The van der Waals surface area contributed by atoms with E-state index >= 15 is 0 Å². The summed E-state index contributed by atoms with van der Waals surface area (Å²) in [6, 6.07) is 9.68. The summed E-state index contributed by atoms with van der Waals surface area (Å²) < 4.78 is 38.9. The highest BCUT2D eigenvalue weighted by Crippen LogP contribution is 2.58. The van der Waals surface area contributed by atoms with E-state index in [0.717, 1.165) is 12.1 Å². The van der Waals surface area contributed by atoms with Gasteiger partial charge in [-0.3, -0.25) is 10.1 Å². The van der Waals surface area contributed by atoms with Crippen LogP contribution in [-0.2, 0) is 0 Å². The molecule has 1 fully saturated rings. The quantitative estimate of drug-likeness (QED) is 0.521. The standard InChI is InChI=1S/C17H13ClF3N3O3/c18-14-7-10(24(26)27)6-12(11-8-13(11)17(19,20)21)15(14)23-16(25)22-9-4-2-1-3-5-9/h1-7,11,13H,8H2,(H2,22,23,25). The van der Waals surface area contributed by atoms with Gasteiger partial charge >= 0.3 is 12.2 Å². The second-order valence-corrected chi connectivity index (χ2v) is 6.49. The molecular weight excluding hydrogens is 387 g/mol. The van der Waals surface area contributed by atoms with Crippen LogP contribution in [0, 0.1) is 16.0 Å². The third-order valence-corrected chi connectivity index (χ3v) is 4.49. The van der Waals surface area contributed by atoms with Gasteiger partial charge in [-0.05, 0) is 30.0 Å². The Balaban J connectivity index is 1.89. The van der Waals surface area contributed by atoms with Crippen LogP contribution < -0.4 is 10.6 Å². The van der Waals surface area contributed by atoms with E-state index in [4.69, 9.17) is 11.6 Å².